The van der Waals surface area contributed by atoms with Gasteiger partial charge in [-0.05, 0) is 126 Å². The average Bonchev–Trinajstić information content (AvgIpc) is 4.21. The van der Waals surface area contributed by atoms with Crippen molar-refractivity contribution >= 4 is 50.3 Å². The van der Waals surface area contributed by atoms with E-state index in [9.17, 15) is 0 Å². The van der Waals surface area contributed by atoms with Crippen LogP contribution in [0, 0.1) is 0 Å². The third-order valence-corrected chi connectivity index (χ3v) is 17.2. The molecule has 10 aromatic carbocycles. The van der Waals surface area contributed by atoms with Crippen LogP contribution in [0.4, 0.5) is 17.1 Å². The van der Waals surface area contributed by atoms with Gasteiger partial charge in [0.25, 0.3) is 0 Å². The quantitative estimate of drug-likeness (QED) is 0.165. The van der Waals surface area contributed by atoms with E-state index in [0.717, 1.165) is 39.0 Å². The Hall–Kier alpha value is -8.50. The number of hydrogen-bond acceptors (Lipinski definition) is 3. The van der Waals surface area contributed by atoms with Crippen molar-refractivity contribution in [3.8, 4) is 65.4 Å². The van der Waals surface area contributed by atoms with Gasteiger partial charge in [0.15, 0.2) is 0 Å². The average molecular weight is 924 g/mol. The number of para-hydroxylation sites is 1. The SMILES string of the molecule is CC1(C)c2ccccc2-c2ccc(N(c3cccc(-c4sc5c(c4-c4ccccc4)C4(c6ccccc6-c6cccc(-c7ccccc7)c64)c4ccccc4-5)c3)c3cccc4oc5ccccc5c34)cc21. The molecule has 0 bridgehead atoms. The van der Waals surface area contributed by atoms with E-state index in [1.807, 2.05) is 11.3 Å². The van der Waals surface area contributed by atoms with Crippen LogP contribution < -0.4 is 4.90 Å². The van der Waals surface area contributed by atoms with Gasteiger partial charge in [0.1, 0.15) is 11.2 Å². The molecular formula is C68H45NOS. The Bertz CT molecular complexity index is 4160. The van der Waals surface area contributed by atoms with Crippen LogP contribution in [-0.4, -0.2) is 0 Å². The van der Waals surface area contributed by atoms with Gasteiger partial charge in [-0.15, -0.1) is 11.3 Å². The zero-order valence-electron chi connectivity index (χ0n) is 39.3. The van der Waals surface area contributed by atoms with E-state index in [4.69, 9.17) is 4.42 Å². The van der Waals surface area contributed by atoms with Gasteiger partial charge in [0.2, 0.25) is 0 Å². The predicted octanol–water partition coefficient (Wildman–Crippen LogP) is 18.8. The molecule has 2 nitrogen and oxygen atoms in total. The summed E-state index contributed by atoms with van der Waals surface area (Å²) in [7, 11) is 0. The summed E-state index contributed by atoms with van der Waals surface area (Å²) in [4.78, 5) is 5.07. The fourth-order valence-electron chi connectivity index (χ4n) is 13.0. The monoisotopic (exact) mass is 923 g/mol. The second-order valence-electron chi connectivity index (χ2n) is 19.8. The third kappa shape index (κ3) is 5.53. The Labute approximate surface area is 417 Å². The molecule has 0 fully saturated rings. The lowest BCUT2D eigenvalue weighted by Crippen LogP contribution is -2.27. The molecule has 15 rings (SSSR count). The number of fused-ring (bicyclic) bond motifs is 16. The van der Waals surface area contributed by atoms with Gasteiger partial charge in [-0.3, -0.25) is 0 Å². The molecule has 3 aliphatic rings. The highest BCUT2D eigenvalue weighted by Gasteiger charge is 2.55. The number of hydrogen-bond donors (Lipinski definition) is 0. The first-order valence-corrected chi connectivity index (χ1v) is 25.5. The highest BCUT2D eigenvalue weighted by molar-refractivity contribution is 7.20. The van der Waals surface area contributed by atoms with E-state index in [2.05, 4.69) is 255 Å². The molecule has 1 spiro atoms. The van der Waals surface area contributed by atoms with Gasteiger partial charge in [0, 0.05) is 37.5 Å². The third-order valence-electron chi connectivity index (χ3n) is 15.9. The van der Waals surface area contributed by atoms with Gasteiger partial charge in [-0.2, -0.15) is 0 Å². The fraction of sp³-hybridized carbons (Fsp3) is 0.0588. The second kappa shape index (κ2) is 15.0. The zero-order chi connectivity index (χ0) is 47.0. The Kier molecular flexibility index (Phi) is 8.53. The van der Waals surface area contributed by atoms with Crippen LogP contribution in [0.5, 0.6) is 0 Å². The number of thiophene rings is 1. The van der Waals surface area contributed by atoms with Crippen LogP contribution in [0.1, 0.15) is 47.2 Å². The maximum atomic E-state index is 6.59. The summed E-state index contributed by atoms with van der Waals surface area (Å²) in [6.07, 6.45) is 0. The molecule has 71 heavy (non-hydrogen) atoms. The van der Waals surface area contributed by atoms with Crippen molar-refractivity contribution < 1.29 is 4.42 Å². The molecule has 2 aromatic heterocycles. The maximum Gasteiger partial charge on any atom is 0.137 e. The van der Waals surface area contributed by atoms with Gasteiger partial charge < -0.3 is 9.32 Å². The van der Waals surface area contributed by atoms with E-state index in [1.165, 1.54) is 98.8 Å². The van der Waals surface area contributed by atoms with Crippen molar-refractivity contribution in [3.63, 3.8) is 0 Å². The minimum atomic E-state index is -0.569. The minimum Gasteiger partial charge on any atom is -0.456 e. The number of anilines is 3. The van der Waals surface area contributed by atoms with E-state index < -0.39 is 5.41 Å². The molecule has 0 saturated heterocycles. The van der Waals surface area contributed by atoms with E-state index in [1.54, 1.807) is 0 Å². The number of rotatable bonds is 6. The first-order chi connectivity index (χ1) is 35.0. The Balaban J connectivity index is 1.01. The van der Waals surface area contributed by atoms with Crippen LogP contribution in [-0.2, 0) is 10.8 Å². The highest BCUT2D eigenvalue weighted by atomic mass is 32.1. The summed E-state index contributed by atoms with van der Waals surface area (Å²) >= 11 is 1.94. The molecule has 3 aliphatic carbocycles. The van der Waals surface area contributed by atoms with Crippen LogP contribution in [0.25, 0.3) is 87.3 Å². The number of nitrogens with zero attached hydrogens (tertiary/aromatic N) is 1. The van der Waals surface area contributed by atoms with Crippen LogP contribution in [0.2, 0.25) is 0 Å². The Morgan fingerprint density at radius 3 is 1.75 bits per heavy atom. The van der Waals surface area contributed by atoms with Gasteiger partial charge in [-0.25, -0.2) is 0 Å². The van der Waals surface area contributed by atoms with E-state index in [0.29, 0.717) is 0 Å². The van der Waals surface area contributed by atoms with E-state index in [-0.39, 0.29) is 5.41 Å². The van der Waals surface area contributed by atoms with Crippen molar-refractivity contribution in [1.29, 1.82) is 0 Å². The Morgan fingerprint density at radius 2 is 0.944 bits per heavy atom. The van der Waals surface area contributed by atoms with Gasteiger partial charge >= 0.3 is 0 Å². The zero-order valence-corrected chi connectivity index (χ0v) is 40.1. The predicted molar refractivity (Wildman–Crippen MR) is 296 cm³/mol. The largest absolute Gasteiger partial charge is 0.456 e. The first kappa shape index (κ1) is 40.4. The molecule has 2 heterocycles. The summed E-state index contributed by atoms with van der Waals surface area (Å²) in [6, 6.07) is 87.8. The minimum absolute atomic E-state index is 0.171. The van der Waals surface area contributed by atoms with E-state index >= 15 is 0 Å². The molecule has 0 N–H and O–H groups in total. The molecule has 0 radical (unpaired) electrons. The molecule has 0 amide bonds. The topological polar surface area (TPSA) is 16.4 Å². The fourth-order valence-corrected chi connectivity index (χ4v) is 14.4. The summed E-state index contributed by atoms with van der Waals surface area (Å²) in [5.74, 6) is 0. The molecule has 12 aromatic rings. The summed E-state index contributed by atoms with van der Waals surface area (Å²) in [5.41, 5.74) is 25.1. The standard InChI is InChI=1S/C68H45NOS/c1-67(2)54-32-13-9-26-48(54)50-39-38-46(41-57(50)67)69(58-35-19-37-60-62(58)53-29-12-16-36-59(53)70-60)45-25-17-24-44(40-45)65-61(43-22-7-4-8-23-43)64-66(71-65)52-28-11-15-34-56(52)68(64)55-33-14-10-27-49(55)51-31-18-30-47(63(51)68)42-20-5-3-6-21-42/h3-41H,1-2H3. The van der Waals surface area contributed by atoms with Crippen LogP contribution in [0.3, 0.4) is 0 Å². The van der Waals surface area contributed by atoms with Crippen molar-refractivity contribution in [3.05, 3.63) is 270 Å². The smallest absolute Gasteiger partial charge is 0.137 e. The lowest BCUT2D eigenvalue weighted by molar-refractivity contribution is 0.660. The molecule has 1 atom stereocenters. The maximum absolute atomic E-state index is 6.59. The lowest BCUT2D eigenvalue weighted by atomic mass is 9.67. The van der Waals surface area contributed by atoms with Gasteiger partial charge in [-0.1, -0.05) is 208 Å². The molecule has 0 aliphatic heterocycles. The normalized spacial score (nSPS) is 15.4. The molecule has 3 heteroatoms. The summed E-state index contributed by atoms with van der Waals surface area (Å²) < 4.78 is 6.59. The lowest BCUT2D eigenvalue weighted by Gasteiger charge is -2.33. The summed E-state index contributed by atoms with van der Waals surface area (Å²) in [5, 5.41) is 2.20. The van der Waals surface area contributed by atoms with Crippen molar-refractivity contribution in [2.75, 3.05) is 4.90 Å². The second-order valence-corrected chi connectivity index (χ2v) is 20.9. The van der Waals surface area contributed by atoms with Crippen LogP contribution >= 0.6 is 11.3 Å². The summed E-state index contributed by atoms with van der Waals surface area (Å²) in [6.45, 7) is 4.74. The Morgan fingerprint density at radius 1 is 0.380 bits per heavy atom. The number of benzene rings is 10. The first-order valence-electron chi connectivity index (χ1n) is 24.7. The number of furan rings is 1. The van der Waals surface area contributed by atoms with Crippen LogP contribution in [0.15, 0.2) is 241 Å². The molecule has 334 valence electrons. The molecule has 0 saturated carbocycles. The highest BCUT2D eigenvalue weighted by Crippen LogP contribution is 2.69. The van der Waals surface area contributed by atoms with Gasteiger partial charge in [0.05, 0.1) is 16.5 Å². The van der Waals surface area contributed by atoms with Crippen molar-refractivity contribution in [1.82, 2.24) is 0 Å². The van der Waals surface area contributed by atoms with Crippen molar-refractivity contribution in [2.45, 2.75) is 24.7 Å². The molecule has 1 unspecified atom stereocenters. The molecular weight excluding hydrogens is 879 g/mol. The van der Waals surface area contributed by atoms with Crippen molar-refractivity contribution in [2.24, 2.45) is 0 Å².